The number of nitriles is 1. The van der Waals surface area contributed by atoms with E-state index in [4.69, 9.17) is 15.7 Å². The summed E-state index contributed by atoms with van der Waals surface area (Å²) in [5, 5.41) is 22.9. The van der Waals surface area contributed by atoms with Crippen molar-refractivity contribution in [3.63, 3.8) is 0 Å². The van der Waals surface area contributed by atoms with Gasteiger partial charge >= 0.3 is 0 Å². The van der Waals surface area contributed by atoms with Crippen LogP contribution in [0.3, 0.4) is 0 Å². The van der Waals surface area contributed by atoms with Gasteiger partial charge in [0, 0.05) is 6.04 Å². The number of nitrogens with zero attached hydrogens (tertiary/aromatic N) is 1. The van der Waals surface area contributed by atoms with E-state index in [2.05, 4.69) is 11.4 Å². The molecule has 0 spiro atoms. The van der Waals surface area contributed by atoms with Gasteiger partial charge in [0.05, 0.1) is 12.2 Å². The summed E-state index contributed by atoms with van der Waals surface area (Å²) in [5.41, 5.74) is 6.39. The number of nitrogens with two attached hydrogens (primary N) is 1. The number of nitrogen functional groups attached to an aromatic ring is 1. The Hall–Kier alpha value is -1.45. The first kappa shape index (κ1) is 14.9. The molecule has 110 valence electrons. The summed E-state index contributed by atoms with van der Waals surface area (Å²) in [4.78, 5) is 0.485. The highest BCUT2D eigenvalue weighted by molar-refractivity contribution is 7.17. The first-order valence-corrected chi connectivity index (χ1v) is 7.76. The van der Waals surface area contributed by atoms with Gasteiger partial charge in [0.15, 0.2) is 5.75 Å². The van der Waals surface area contributed by atoms with E-state index in [1.807, 2.05) is 13.8 Å². The average molecular weight is 295 g/mol. The van der Waals surface area contributed by atoms with E-state index in [1.165, 1.54) is 11.3 Å². The molecule has 0 atom stereocenters. The van der Waals surface area contributed by atoms with E-state index in [0.29, 0.717) is 22.4 Å². The lowest BCUT2D eigenvalue weighted by atomic mass is 9.93. The molecule has 0 amide bonds. The molecule has 4 N–H and O–H groups in total. The van der Waals surface area contributed by atoms with Crippen molar-refractivity contribution >= 4 is 22.0 Å². The molecule has 1 aromatic rings. The zero-order valence-corrected chi connectivity index (χ0v) is 12.7. The maximum absolute atomic E-state index is 9.54. The predicted octanol–water partition coefficient (Wildman–Crippen LogP) is 2.70. The Morgan fingerprint density at radius 3 is 2.60 bits per heavy atom. The second-order valence-electron chi connectivity index (χ2n) is 5.43. The molecule has 6 heteroatoms. The van der Waals surface area contributed by atoms with Crippen LogP contribution in [0.1, 0.15) is 44.4 Å². The Morgan fingerprint density at radius 1 is 1.40 bits per heavy atom. The molecule has 20 heavy (non-hydrogen) atoms. The van der Waals surface area contributed by atoms with Gasteiger partial charge in [-0.1, -0.05) is 0 Å². The van der Waals surface area contributed by atoms with Crippen molar-refractivity contribution < 1.29 is 9.84 Å². The van der Waals surface area contributed by atoms with Crippen molar-refractivity contribution in [3.05, 3.63) is 4.88 Å². The summed E-state index contributed by atoms with van der Waals surface area (Å²) in [7, 11) is 0. The lowest BCUT2D eigenvalue weighted by Crippen LogP contribution is -2.28. The van der Waals surface area contributed by atoms with Crippen LogP contribution < -0.4 is 15.8 Å². The Labute approximate surface area is 123 Å². The summed E-state index contributed by atoms with van der Waals surface area (Å²) in [6, 6.07) is 2.41. The van der Waals surface area contributed by atoms with Crippen LogP contribution in [0.25, 0.3) is 0 Å². The van der Waals surface area contributed by atoms with Gasteiger partial charge in [-0.2, -0.15) is 5.26 Å². The Balaban J connectivity index is 2.16. The molecule has 5 nitrogen and oxygen atoms in total. The second kappa shape index (κ2) is 6.33. The number of anilines is 2. The van der Waals surface area contributed by atoms with Crippen molar-refractivity contribution in [1.82, 2.24) is 0 Å². The first-order valence-electron chi connectivity index (χ1n) is 6.94. The molecule has 0 radical (unpaired) electrons. The maximum atomic E-state index is 9.54. The molecule has 0 saturated heterocycles. The topological polar surface area (TPSA) is 91.3 Å². The van der Waals surface area contributed by atoms with Crippen molar-refractivity contribution in [3.8, 4) is 11.8 Å². The summed E-state index contributed by atoms with van der Waals surface area (Å²) in [6.45, 7) is 3.87. The van der Waals surface area contributed by atoms with E-state index in [0.717, 1.165) is 30.7 Å². The van der Waals surface area contributed by atoms with Gasteiger partial charge in [-0.25, -0.2) is 0 Å². The van der Waals surface area contributed by atoms with Gasteiger partial charge in [0.2, 0.25) is 0 Å². The molecule has 1 fully saturated rings. The lowest BCUT2D eigenvalue weighted by Gasteiger charge is -2.27. The smallest absolute Gasteiger partial charge is 0.178 e. The minimum absolute atomic E-state index is 0.00664. The van der Waals surface area contributed by atoms with Gasteiger partial charge in [-0.05, 0) is 39.5 Å². The average Bonchev–Trinajstić information content (AvgIpc) is 2.69. The number of hydrogen-bond donors (Lipinski definition) is 3. The van der Waals surface area contributed by atoms with E-state index in [-0.39, 0.29) is 12.2 Å². The van der Waals surface area contributed by atoms with Crippen LogP contribution in [0.4, 0.5) is 10.7 Å². The van der Waals surface area contributed by atoms with Crippen molar-refractivity contribution in [2.75, 3.05) is 11.1 Å². The normalized spacial score (nSPS) is 22.6. The molecule has 1 aromatic heterocycles. The zero-order chi connectivity index (χ0) is 14.7. The standard InChI is InChI=1S/C14H21N3O2S/c1-8(2)19-13-12(16)11(7-15)20-14(13)17-9-3-5-10(18)6-4-9/h8-10,17-18H,3-6,16H2,1-2H3. The highest BCUT2D eigenvalue weighted by atomic mass is 32.1. The first-order chi connectivity index (χ1) is 9.51. The number of nitrogens with one attached hydrogen (secondary N) is 1. The van der Waals surface area contributed by atoms with E-state index >= 15 is 0 Å². The highest BCUT2D eigenvalue weighted by Crippen LogP contribution is 2.43. The third-order valence-corrected chi connectivity index (χ3v) is 4.41. The monoisotopic (exact) mass is 295 g/mol. The van der Waals surface area contributed by atoms with Gasteiger partial charge in [0.1, 0.15) is 21.6 Å². The molecule has 0 aliphatic heterocycles. The molecule has 0 aromatic carbocycles. The zero-order valence-electron chi connectivity index (χ0n) is 11.8. The summed E-state index contributed by atoms with van der Waals surface area (Å²) >= 11 is 1.34. The molecule has 1 aliphatic carbocycles. The van der Waals surface area contributed by atoms with Crippen LogP contribution in [0.5, 0.6) is 5.75 Å². The number of aliphatic hydroxyl groups is 1. The third-order valence-electron chi connectivity index (χ3n) is 3.39. The van der Waals surface area contributed by atoms with E-state index in [1.54, 1.807) is 0 Å². The molecule has 0 bridgehead atoms. The van der Waals surface area contributed by atoms with Gasteiger partial charge in [-0.15, -0.1) is 11.3 Å². The number of hydrogen-bond acceptors (Lipinski definition) is 6. The molecule has 1 heterocycles. The molecule has 0 unspecified atom stereocenters. The van der Waals surface area contributed by atoms with Crippen LogP contribution in [-0.4, -0.2) is 23.4 Å². The minimum Gasteiger partial charge on any atom is -0.486 e. The molecular formula is C14H21N3O2S. The number of thiophene rings is 1. The quantitative estimate of drug-likeness (QED) is 0.794. The fourth-order valence-corrected chi connectivity index (χ4v) is 3.29. The molecular weight excluding hydrogens is 274 g/mol. The minimum atomic E-state index is -0.178. The Kier molecular flexibility index (Phi) is 4.73. The Morgan fingerprint density at radius 2 is 2.05 bits per heavy atom. The number of rotatable bonds is 4. The third kappa shape index (κ3) is 3.35. The summed E-state index contributed by atoms with van der Waals surface area (Å²) < 4.78 is 5.74. The number of ether oxygens (including phenoxy) is 1. The molecule has 2 rings (SSSR count). The summed E-state index contributed by atoms with van der Waals surface area (Å²) in [5.74, 6) is 0.590. The summed E-state index contributed by atoms with van der Waals surface area (Å²) in [6.07, 6.45) is 3.28. The van der Waals surface area contributed by atoms with Crippen LogP contribution in [0.2, 0.25) is 0 Å². The predicted molar refractivity (Wildman–Crippen MR) is 81.1 cm³/mol. The maximum Gasteiger partial charge on any atom is 0.178 e. The van der Waals surface area contributed by atoms with Crippen molar-refractivity contribution in [2.24, 2.45) is 0 Å². The lowest BCUT2D eigenvalue weighted by molar-refractivity contribution is 0.126. The number of aliphatic hydroxyl groups excluding tert-OH is 1. The fraction of sp³-hybridized carbons (Fsp3) is 0.643. The van der Waals surface area contributed by atoms with Crippen molar-refractivity contribution in [1.29, 1.82) is 5.26 Å². The fourth-order valence-electron chi connectivity index (χ4n) is 2.37. The van der Waals surface area contributed by atoms with E-state index < -0.39 is 0 Å². The van der Waals surface area contributed by atoms with Crippen LogP contribution >= 0.6 is 11.3 Å². The largest absolute Gasteiger partial charge is 0.486 e. The Bertz CT molecular complexity index is 499. The second-order valence-corrected chi connectivity index (χ2v) is 6.45. The molecule has 1 aliphatic rings. The van der Waals surface area contributed by atoms with Crippen molar-refractivity contribution in [2.45, 2.75) is 57.8 Å². The van der Waals surface area contributed by atoms with Gasteiger partial charge in [0.25, 0.3) is 0 Å². The SMILES string of the molecule is CC(C)Oc1c(NC2CCC(O)CC2)sc(C#N)c1N. The van der Waals surface area contributed by atoms with Crippen LogP contribution in [0.15, 0.2) is 0 Å². The van der Waals surface area contributed by atoms with Gasteiger partial charge in [-0.3, -0.25) is 0 Å². The van der Waals surface area contributed by atoms with Crippen LogP contribution in [0, 0.1) is 11.3 Å². The van der Waals surface area contributed by atoms with E-state index in [9.17, 15) is 5.11 Å². The van der Waals surface area contributed by atoms with Crippen LogP contribution in [-0.2, 0) is 0 Å². The highest BCUT2D eigenvalue weighted by Gasteiger charge is 2.24. The van der Waals surface area contributed by atoms with Gasteiger partial charge < -0.3 is 20.9 Å². The molecule has 1 saturated carbocycles.